The molecule has 1 saturated carbocycles. The van der Waals surface area contributed by atoms with Crippen molar-refractivity contribution in [1.29, 1.82) is 0 Å². The third-order valence-corrected chi connectivity index (χ3v) is 4.07. The largest absolute Gasteiger partial charge is 0.321 e. The van der Waals surface area contributed by atoms with Crippen LogP contribution in [0, 0.1) is 5.41 Å². The van der Waals surface area contributed by atoms with Gasteiger partial charge in [0.2, 0.25) is 0 Å². The van der Waals surface area contributed by atoms with Crippen LogP contribution in [0.2, 0.25) is 0 Å². The van der Waals surface area contributed by atoms with E-state index in [1.165, 1.54) is 24.8 Å². The lowest BCUT2D eigenvalue weighted by molar-refractivity contribution is 0.299. The lowest BCUT2D eigenvalue weighted by Crippen LogP contribution is -2.36. The van der Waals surface area contributed by atoms with Gasteiger partial charge >= 0.3 is 0 Å². The first-order valence-electron chi connectivity index (χ1n) is 6.36. The molecule has 88 valence electrons. The van der Waals surface area contributed by atoms with E-state index in [-0.39, 0.29) is 5.54 Å². The SMILES string of the molecule is CC1(C)CCCC(N)(c2ccccc2)CC1. The average molecular weight is 217 g/mol. The van der Waals surface area contributed by atoms with Crippen molar-refractivity contribution in [1.82, 2.24) is 0 Å². The van der Waals surface area contributed by atoms with E-state index in [0.717, 1.165) is 12.8 Å². The van der Waals surface area contributed by atoms with Gasteiger partial charge in [-0.25, -0.2) is 0 Å². The van der Waals surface area contributed by atoms with Crippen LogP contribution in [0.1, 0.15) is 51.5 Å². The second kappa shape index (κ2) is 4.21. The summed E-state index contributed by atoms with van der Waals surface area (Å²) >= 11 is 0. The molecule has 0 bridgehead atoms. The smallest absolute Gasteiger partial charge is 0.0409 e. The standard InChI is InChI=1S/C15H23N/c1-14(2)9-6-10-15(16,12-11-14)13-7-4-3-5-8-13/h3-5,7-8H,6,9-12,16H2,1-2H3. The van der Waals surface area contributed by atoms with Crippen LogP contribution >= 0.6 is 0 Å². The quantitative estimate of drug-likeness (QED) is 0.711. The van der Waals surface area contributed by atoms with E-state index in [2.05, 4.69) is 44.2 Å². The van der Waals surface area contributed by atoms with Gasteiger partial charge in [-0.2, -0.15) is 0 Å². The number of rotatable bonds is 1. The summed E-state index contributed by atoms with van der Waals surface area (Å²) in [5, 5.41) is 0. The normalized spacial score (nSPS) is 29.7. The zero-order chi connectivity index (χ0) is 11.6. The molecule has 0 radical (unpaired) electrons. The van der Waals surface area contributed by atoms with E-state index in [4.69, 9.17) is 5.73 Å². The van der Waals surface area contributed by atoms with Gasteiger partial charge in [0.25, 0.3) is 0 Å². The Labute approximate surface area is 99.0 Å². The summed E-state index contributed by atoms with van der Waals surface area (Å²) in [6.07, 6.45) is 6.03. The predicted molar refractivity (Wildman–Crippen MR) is 69.2 cm³/mol. The van der Waals surface area contributed by atoms with Gasteiger partial charge in [0.1, 0.15) is 0 Å². The molecule has 1 atom stereocenters. The van der Waals surface area contributed by atoms with Gasteiger partial charge in [-0.3, -0.25) is 0 Å². The maximum absolute atomic E-state index is 6.60. The molecule has 2 N–H and O–H groups in total. The van der Waals surface area contributed by atoms with E-state index in [9.17, 15) is 0 Å². The summed E-state index contributed by atoms with van der Waals surface area (Å²) in [5.74, 6) is 0. The van der Waals surface area contributed by atoms with Crippen molar-refractivity contribution in [2.75, 3.05) is 0 Å². The van der Waals surface area contributed by atoms with Crippen molar-refractivity contribution < 1.29 is 0 Å². The van der Waals surface area contributed by atoms with Crippen LogP contribution in [0.3, 0.4) is 0 Å². The summed E-state index contributed by atoms with van der Waals surface area (Å²) in [6, 6.07) is 10.6. The molecule has 0 saturated heterocycles. The van der Waals surface area contributed by atoms with Crippen molar-refractivity contribution in [2.45, 2.75) is 51.5 Å². The molecule has 0 spiro atoms. The first-order chi connectivity index (χ1) is 7.52. The Hall–Kier alpha value is -0.820. The summed E-state index contributed by atoms with van der Waals surface area (Å²) in [6.45, 7) is 4.73. The molecule has 1 aliphatic carbocycles. The lowest BCUT2D eigenvalue weighted by Gasteiger charge is -2.29. The second-order valence-corrected chi connectivity index (χ2v) is 6.04. The fraction of sp³-hybridized carbons (Fsp3) is 0.600. The zero-order valence-electron chi connectivity index (χ0n) is 10.5. The minimum Gasteiger partial charge on any atom is -0.321 e. The summed E-state index contributed by atoms with van der Waals surface area (Å²) in [5.41, 5.74) is 8.29. The highest BCUT2D eigenvalue weighted by atomic mass is 14.7. The Morgan fingerprint density at radius 3 is 2.31 bits per heavy atom. The number of hydrogen-bond donors (Lipinski definition) is 1. The molecule has 0 aliphatic heterocycles. The Morgan fingerprint density at radius 2 is 1.62 bits per heavy atom. The van der Waals surface area contributed by atoms with Gasteiger partial charge in [-0.05, 0) is 36.7 Å². The molecular weight excluding hydrogens is 194 g/mol. The Bertz CT molecular complexity index is 342. The molecule has 0 aromatic heterocycles. The van der Waals surface area contributed by atoms with Crippen LogP contribution < -0.4 is 5.73 Å². The highest BCUT2D eigenvalue weighted by molar-refractivity contribution is 5.24. The van der Waals surface area contributed by atoms with Crippen LogP contribution in [-0.2, 0) is 5.54 Å². The molecule has 0 amide bonds. The third-order valence-electron chi connectivity index (χ3n) is 4.07. The Kier molecular flexibility index (Phi) is 3.07. The monoisotopic (exact) mass is 217 g/mol. The second-order valence-electron chi connectivity index (χ2n) is 6.04. The highest BCUT2D eigenvalue weighted by Gasteiger charge is 2.33. The molecule has 1 fully saturated rings. The lowest BCUT2D eigenvalue weighted by atomic mass is 9.81. The highest BCUT2D eigenvalue weighted by Crippen LogP contribution is 2.41. The summed E-state index contributed by atoms with van der Waals surface area (Å²) in [7, 11) is 0. The van der Waals surface area contributed by atoms with E-state index >= 15 is 0 Å². The van der Waals surface area contributed by atoms with Crippen molar-refractivity contribution in [3.05, 3.63) is 35.9 Å². The van der Waals surface area contributed by atoms with Crippen LogP contribution in [0.4, 0.5) is 0 Å². The fourth-order valence-corrected chi connectivity index (χ4v) is 2.75. The number of nitrogens with two attached hydrogens (primary N) is 1. The minimum atomic E-state index is -0.0883. The van der Waals surface area contributed by atoms with E-state index < -0.39 is 0 Å². The van der Waals surface area contributed by atoms with Crippen molar-refractivity contribution in [3.8, 4) is 0 Å². The van der Waals surface area contributed by atoms with E-state index in [1.807, 2.05) is 0 Å². The van der Waals surface area contributed by atoms with Crippen LogP contribution in [0.25, 0.3) is 0 Å². The number of hydrogen-bond acceptors (Lipinski definition) is 1. The van der Waals surface area contributed by atoms with Crippen LogP contribution in [0.5, 0.6) is 0 Å². The molecule has 1 nitrogen and oxygen atoms in total. The first kappa shape index (κ1) is 11.7. The van der Waals surface area contributed by atoms with Crippen molar-refractivity contribution in [2.24, 2.45) is 11.1 Å². The predicted octanol–water partition coefficient (Wildman–Crippen LogP) is 3.83. The van der Waals surface area contributed by atoms with Crippen LogP contribution in [0.15, 0.2) is 30.3 Å². The third kappa shape index (κ3) is 2.46. The maximum Gasteiger partial charge on any atom is 0.0409 e. The molecule has 1 unspecified atom stereocenters. The fourth-order valence-electron chi connectivity index (χ4n) is 2.75. The molecular formula is C15H23N. The molecule has 1 aromatic rings. The molecule has 16 heavy (non-hydrogen) atoms. The summed E-state index contributed by atoms with van der Waals surface area (Å²) in [4.78, 5) is 0. The maximum atomic E-state index is 6.60. The zero-order valence-corrected chi connectivity index (χ0v) is 10.5. The first-order valence-corrected chi connectivity index (χ1v) is 6.36. The van der Waals surface area contributed by atoms with Crippen molar-refractivity contribution in [3.63, 3.8) is 0 Å². The molecule has 1 heteroatoms. The van der Waals surface area contributed by atoms with Gasteiger partial charge in [-0.15, -0.1) is 0 Å². The van der Waals surface area contributed by atoms with Gasteiger partial charge in [0, 0.05) is 5.54 Å². The molecule has 1 aromatic carbocycles. The average Bonchev–Trinajstić information content (AvgIpc) is 2.41. The summed E-state index contributed by atoms with van der Waals surface area (Å²) < 4.78 is 0. The topological polar surface area (TPSA) is 26.0 Å². The van der Waals surface area contributed by atoms with E-state index in [1.54, 1.807) is 0 Å². The van der Waals surface area contributed by atoms with Crippen LogP contribution in [-0.4, -0.2) is 0 Å². The van der Waals surface area contributed by atoms with Gasteiger partial charge < -0.3 is 5.73 Å². The van der Waals surface area contributed by atoms with Gasteiger partial charge in [-0.1, -0.05) is 50.6 Å². The molecule has 2 rings (SSSR count). The number of benzene rings is 1. The molecule has 0 heterocycles. The van der Waals surface area contributed by atoms with Crippen molar-refractivity contribution >= 4 is 0 Å². The Balaban J connectivity index is 2.20. The van der Waals surface area contributed by atoms with E-state index in [0.29, 0.717) is 5.41 Å². The molecule has 1 aliphatic rings. The van der Waals surface area contributed by atoms with Gasteiger partial charge in [0.15, 0.2) is 0 Å². The minimum absolute atomic E-state index is 0.0883. The Morgan fingerprint density at radius 1 is 0.938 bits per heavy atom. The van der Waals surface area contributed by atoms with Gasteiger partial charge in [0.05, 0.1) is 0 Å².